The van der Waals surface area contributed by atoms with E-state index < -0.39 is 11.9 Å². The zero-order chi connectivity index (χ0) is 27.8. The molecule has 2 aromatic heterocycles. The van der Waals surface area contributed by atoms with Gasteiger partial charge in [-0.3, -0.25) is 14.4 Å². The summed E-state index contributed by atoms with van der Waals surface area (Å²) in [5.74, 6) is -0.826. The Hall–Kier alpha value is -4.07. The number of aromatic nitrogens is 2. The molecule has 0 saturated carbocycles. The SMILES string of the molecule is CCCCCN(CCCCC)C(=O)C(Cc1c[nH]c2ccccc12)NC(=O)c1cc(=O)c2cccc(O)c2[nH]1. The minimum Gasteiger partial charge on any atom is -0.506 e. The van der Waals surface area contributed by atoms with Crippen LogP contribution in [0.4, 0.5) is 0 Å². The van der Waals surface area contributed by atoms with Crippen LogP contribution in [0.1, 0.15) is 68.4 Å². The first-order valence-corrected chi connectivity index (χ1v) is 13.9. The number of para-hydroxylation sites is 2. The molecule has 4 N–H and O–H groups in total. The molecule has 0 aliphatic carbocycles. The van der Waals surface area contributed by atoms with Gasteiger partial charge in [0.05, 0.1) is 5.52 Å². The number of H-pyrrole nitrogens is 2. The molecule has 4 rings (SSSR count). The van der Waals surface area contributed by atoms with Gasteiger partial charge >= 0.3 is 0 Å². The predicted octanol–water partition coefficient (Wildman–Crippen LogP) is 5.27. The van der Waals surface area contributed by atoms with Crippen LogP contribution in [0.15, 0.2) is 59.5 Å². The van der Waals surface area contributed by atoms with Crippen molar-refractivity contribution in [2.24, 2.45) is 0 Å². The Balaban J connectivity index is 1.65. The van der Waals surface area contributed by atoms with Crippen LogP contribution in [0.2, 0.25) is 0 Å². The van der Waals surface area contributed by atoms with E-state index in [4.69, 9.17) is 0 Å². The maximum atomic E-state index is 14.0. The number of nitrogens with zero attached hydrogens (tertiary/aromatic N) is 1. The number of phenols is 1. The standard InChI is InChI=1S/C31H38N4O4/c1-3-5-9-16-35(17-10-6-4-2)31(39)26(18-21-20-32-24-14-8-7-12-22(21)24)34-30(38)25-19-28(37)23-13-11-15-27(36)29(23)33-25/h7-8,11-15,19-20,26,32,36H,3-6,9-10,16-18H2,1-2H3,(H,33,37)(H,34,38). The minimum atomic E-state index is -0.830. The second-order valence-corrected chi connectivity index (χ2v) is 10.1. The topological polar surface area (TPSA) is 118 Å². The fourth-order valence-corrected chi connectivity index (χ4v) is 4.99. The average molecular weight is 531 g/mol. The number of nitrogens with one attached hydrogen (secondary N) is 3. The molecule has 8 nitrogen and oxygen atoms in total. The summed E-state index contributed by atoms with van der Waals surface area (Å²) in [6.07, 6.45) is 8.14. The number of pyridine rings is 1. The molecule has 2 aromatic carbocycles. The van der Waals surface area contributed by atoms with Crippen molar-refractivity contribution in [3.63, 3.8) is 0 Å². The Morgan fingerprint density at radius 1 is 0.949 bits per heavy atom. The third-order valence-corrected chi connectivity index (χ3v) is 7.16. The molecule has 1 atom stereocenters. The maximum absolute atomic E-state index is 14.0. The third-order valence-electron chi connectivity index (χ3n) is 7.16. The van der Waals surface area contributed by atoms with Gasteiger partial charge in [0, 0.05) is 48.1 Å². The van der Waals surface area contributed by atoms with Gasteiger partial charge < -0.3 is 25.3 Å². The molecule has 0 aliphatic heterocycles. The molecule has 0 radical (unpaired) electrons. The molecular formula is C31H38N4O4. The predicted molar refractivity (Wildman–Crippen MR) is 155 cm³/mol. The molecule has 0 aliphatic rings. The number of carbonyl (C=O) groups excluding carboxylic acids is 2. The van der Waals surface area contributed by atoms with E-state index in [-0.39, 0.29) is 33.7 Å². The van der Waals surface area contributed by atoms with Crippen molar-refractivity contribution in [1.82, 2.24) is 20.2 Å². The number of phenolic OH excluding ortho intramolecular Hbond substituents is 1. The Labute approximate surface area is 228 Å². The first-order valence-electron chi connectivity index (χ1n) is 13.9. The van der Waals surface area contributed by atoms with E-state index in [2.05, 4.69) is 29.1 Å². The zero-order valence-corrected chi connectivity index (χ0v) is 22.8. The number of aromatic hydroxyl groups is 1. The van der Waals surface area contributed by atoms with Gasteiger partial charge in [0.15, 0.2) is 5.43 Å². The highest BCUT2D eigenvalue weighted by atomic mass is 16.3. The average Bonchev–Trinajstić information content (AvgIpc) is 3.35. The number of aromatic amines is 2. The number of carbonyl (C=O) groups is 2. The van der Waals surface area contributed by atoms with Crippen molar-refractivity contribution in [1.29, 1.82) is 0 Å². The van der Waals surface area contributed by atoms with Gasteiger partial charge in [0.2, 0.25) is 5.91 Å². The van der Waals surface area contributed by atoms with E-state index in [1.807, 2.05) is 35.4 Å². The van der Waals surface area contributed by atoms with Crippen molar-refractivity contribution in [3.05, 3.63) is 76.2 Å². The fraction of sp³-hybridized carbons (Fsp3) is 0.387. The highest BCUT2D eigenvalue weighted by Crippen LogP contribution is 2.22. The van der Waals surface area contributed by atoms with Crippen molar-refractivity contribution < 1.29 is 14.7 Å². The van der Waals surface area contributed by atoms with E-state index in [0.29, 0.717) is 19.5 Å². The quantitative estimate of drug-likeness (QED) is 0.176. The summed E-state index contributed by atoms with van der Waals surface area (Å²) in [5.41, 5.74) is 1.69. The van der Waals surface area contributed by atoms with Crippen molar-refractivity contribution in [2.75, 3.05) is 13.1 Å². The van der Waals surface area contributed by atoms with Gasteiger partial charge in [-0.1, -0.05) is 63.8 Å². The molecule has 1 unspecified atom stereocenters. The second-order valence-electron chi connectivity index (χ2n) is 10.1. The summed E-state index contributed by atoms with van der Waals surface area (Å²) in [4.78, 5) is 48.1. The molecule has 0 saturated heterocycles. The van der Waals surface area contributed by atoms with Crippen molar-refractivity contribution in [2.45, 2.75) is 64.8 Å². The van der Waals surface area contributed by atoms with Crippen LogP contribution in [0.5, 0.6) is 5.75 Å². The molecule has 2 heterocycles. The van der Waals surface area contributed by atoms with Crippen LogP contribution in [0, 0.1) is 0 Å². The maximum Gasteiger partial charge on any atom is 0.268 e. The molecule has 2 amide bonds. The number of rotatable bonds is 13. The van der Waals surface area contributed by atoms with E-state index in [1.165, 1.54) is 12.1 Å². The van der Waals surface area contributed by atoms with E-state index >= 15 is 0 Å². The lowest BCUT2D eigenvalue weighted by atomic mass is 10.0. The highest BCUT2D eigenvalue weighted by molar-refractivity contribution is 5.98. The third kappa shape index (κ3) is 6.69. The summed E-state index contributed by atoms with van der Waals surface area (Å²) >= 11 is 0. The summed E-state index contributed by atoms with van der Waals surface area (Å²) in [7, 11) is 0. The van der Waals surface area contributed by atoms with Gasteiger partial charge in [-0.15, -0.1) is 0 Å². The highest BCUT2D eigenvalue weighted by Gasteiger charge is 2.28. The minimum absolute atomic E-state index is 0.00533. The van der Waals surface area contributed by atoms with Crippen molar-refractivity contribution in [3.8, 4) is 5.75 Å². The molecule has 0 bridgehead atoms. The number of fused-ring (bicyclic) bond motifs is 2. The summed E-state index contributed by atoms with van der Waals surface area (Å²) in [6.45, 7) is 5.53. The van der Waals surface area contributed by atoms with E-state index in [1.54, 1.807) is 12.1 Å². The lowest BCUT2D eigenvalue weighted by Gasteiger charge is -2.28. The van der Waals surface area contributed by atoms with E-state index in [9.17, 15) is 19.5 Å². The summed E-state index contributed by atoms with van der Waals surface area (Å²) in [6, 6.07) is 12.9. The Kier molecular flexibility index (Phi) is 9.41. The van der Waals surface area contributed by atoms with Gasteiger partial charge in [-0.05, 0) is 36.6 Å². The Morgan fingerprint density at radius 2 is 1.64 bits per heavy atom. The molecule has 0 fully saturated rings. The van der Waals surface area contributed by atoms with Crippen LogP contribution in [0.25, 0.3) is 21.8 Å². The molecule has 206 valence electrons. The van der Waals surface area contributed by atoms with Crippen LogP contribution < -0.4 is 10.7 Å². The molecule has 8 heteroatoms. The molecule has 39 heavy (non-hydrogen) atoms. The zero-order valence-electron chi connectivity index (χ0n) is 22.8. The number of amides is 2. The first kappa shape index (κ1) is 28.0. The van der Waals surface area contributed by atoms with Crippen LogP contribution in [-0.4, -0.2) is 50.9 Å². The molecule has 0 spiro atoms. The van der Waals surface area contributed by atoms with Crippen LogP contribution in [-0.2, 0) is 11.2 Å². The van der Waals surface area contributed by atoms with E-state index in [0.717, 1.165) is 55.0 Å². The second kappa shape index (κ2) is 13.1. The van der Waals surface area contributed by atoms with Crippen LogP contribution in [0.3, 0.4) is 0 Å². The number of benzene rings is 2. The smallest absolute Gasteiger partial charge is 0.268 e. The monoisotopic (exact) mass is 530 g/mol. The summed E-state index contributed by atoms with van der Waals surface area (Å²) in [5, 5.41) is 14.5. The summed E-state index contributed by atoms with van der Waals surface area (Å²) < 4.78 is 0. The largest absolute Gasteiger partial charge is 0.506 e. The van der Waals surface area contributed by atoms with Gasteiger partial charge in [-0.25, -0.2) is 0 Å². The number of hydrogen-bond acceptors (Lipinski definition) is 4. The van der Waals surface area contributed by atoms with Crippen molar-refractivity contribution >= 4 is 33.6 Å². The van der Waals surface area contributed by atoms with Gasteiger partial charge in [0.25, 0.3) is 5.91 Å². The fourth-order valence-electron chi connectivity index (χ4n) is 4.99. The molecular weight excluding hydrogens is 492 g/mol. The normalized spacial score (nSPS) is 12.1. The number of unbranched alkanes of at least 4 members (excludes halogenated alkanes) is 4. The molecule has 4 aromatic rings. The van der Waals surface area contributed by atoms with Crippen LogP contribution >= 0.6 is 0 Å². The van der Waals surface area contributed by atoms with Gasteiger partial charge in [-0.2, -0.15) is 0 Å². The lowest BCUT2D eigenvalue weighted by molar-refractivity contribution is -0.133. The lowest BCUT2D eigenvalue weighted by Crippen LogP contribution is -2.50. The first-order chi connectivity index (χ1) is 18.9. The Morgan fingerprint density at radius 3 is 2.36 bits per heavy atom. The Bertz CT molecular complexity index is 1480. The number of hydrogen-bond donors (Lipinski definition) is 4. The van der Waals surface area contributed by atoms with Gasteiger partial charge in [0.1, 0.15) is 17.5 Å².